The van der Waals surface area contributed by atoms with Gasteiger partial charge < -0.3 is 28.5 Å². The van der Waals surface area contributed by atoms with E-state index in [-0.39, 0.29) is 37.1 Å². The second kappa shape index (κ2) is 7.92. The summed E-state index contributed by atoms with van der Waals surface area (Å²) in [5.41, 5.74) is 0. The van der Waals surface area contributed by atoms with E-state index >= 15 is 0 Å². The number of carbonyl (C=O) groups is 2. The minimum atomic E-state index is -2.34. The molecule has 0 bridgehead atoms. The summed E-state index contributed by atoms with van der Waals surface area (Å²) in [6, 6.07) is 0. The quantitative estimate of drug-likeness (QED) is 0.455. The number of rotatable bonds is 8. The van der Waals surface area contributed by atoms with Crippen LogP contribution in [0.3, 0.4) is 0 Å². The topological polar surface area (TPSA) is 147 Å². The molecule has 1 aromatic heterocycles. The number of ether oxygens (including phenoxy) is 1. The summed E-state index contributed by atoms with van der Waals surface area (Å²) in [6.45, 7) is 1.18. The fourth-order valence-corrected chi connectivity index (χ4v) is 2.24. The predicted molar refractivity (Wildman–Crippen MR) is 68.4 cm³/mol. The van der Waals surface area contributed by atoms with Crippen LogP contribution in [0.25, 0.3) is 0 Å². The second-order valence-electron chi connectivity index (χ2n) is 4.22. The maximum Gasteiger partial charge on any atom is 0.519 e. The summed E-state index contributed by atoms with van der Waals surface area (Å²) in [6.07, 6.45) is -0.600. The van der Waals surface area contributed by atoms with Gasteiger partial charge in [0.05, 0.1) is 5.92 Å². The van der Waals surface area contributed by atoms with Crippen LogP contribution in [0.15, 0.2) is 13.6 Å². The summed E-state index contributed by atoms with van der Waals surface area (Å²) in [5.74, 6) is -3.56. The standard InChI is InChI=1S/C11H15O9P/c1-6-8(20-11(15)19-6)4-18-9(12)3-2-7(10(13)14)5-21(16)17/h7,16-17H,2-5H2,1H3,(H,13,14). The third kappa shape index (κ3) is 6.07. The number of aliphatic carboxylic acids is 1. The number of aryl methyl sites for hydroxylation is 1. The molecule has 0 aliphatic rings. The Morgan fingerprint density at radius 1 is 1.33 bits per heavy atom. The van der Waals surface area contributed by atoms with Gasteiger partial charge in [0, 0.05) is 12.6 Å². The smallest absolute Gasteiger partial charge is 0.481 e. The number of carboxylic acid groups (broad SMARTS) is 1. The average Bonchev–Trinajstić information content (AvgIpc) is 2.69. The molecule has 0 amide bonds. The predicted octanol–water partition coefficient (Wildman–Crippen LogP) is 0.362. The number of hydrogen-bond acceptors (Lipinski definition) is 8. The normalized spacial score (nSPS) is 12.4. The van der Waals surface area contributed by atoms with E-state index in [1.54, 1.807) is 0 Å². The van der Waals surface area contributed by atoms with Crippen LogP contribution in [0.4, 0.5) is 0 Å². The molecule has 10 heteroatoms. The van der Waals surface area contributed by atoms with E-state index in [4.69, 9.17) is 19.6 Å². The molecule has 3 N–H and O–H groups in total. The zero-order valence-corrected chi connectivity index (χ0v) is 12.0. The highest BCUT2D eigenvalue weighted by Gasteiger charge is 2.22. The molecular weight excluding hydrogens is 307 g/mol. The molecule has 0 spiro atoms. The van der Waals surface area contributed by atoms with Crippen LogP contribution in [0, 0.1) is 12.8 Å². The summed E-state index contributed by atoms with van der Waals surface area (Å²) in [5, 5.41) is 8.86. The van der Waals surface area contributed by atoms with Gasteiger partial charge in [0.25, 0.3) is 0 Å². The Bertz CT molecular complexity index is 544. The first-order valence-electron chi connectivity index (χ1n) is 5.92. The summed E-state index contributed by atoms with van der Waals surface area (Å²) < 4.78 is 14.0. The van der Waals surface area contributed by atoms with E-state index in [0.29, 0.717) is 0 Å². The van der Waals surface area contributed by atoms with Gasteiger partial charge in [0.15, 0.2) is 26.5 Å². The van der Waals surface area contributed by atoms with E-state index in [1.807, 2.05) is 0 Å². The Labute approximate surface area is 120 Å². The monoisotopic (exact) mass is 322 g/mol. The molecule has 0 saturated heterocycles. The first kappa shape index (κ1) is 17.4. The SMILES string of the molecule is Cc1oc(=O)oc1COC(=O)CCC(CP(O)O)C(=O)O. The fourth-order valence-electron chi connectivity index (χ4n) is 1.51. The van der Waals surface area contributed by atoms with Crippen molar-refractivity contribution >= 4 is 20.3 Å². The van der Waals surface area contributed by atoms with Gasteiger partial charge in [-0.15, -0.1) is 0 Å². The third-order valence-electron chi connectivity index (χ3n) is 2.63. The molecule has 1 heterocycles. The number of esters is 1. The highest BCUT2D eigenvalue weighted by atomic mass is 31.2. The van der Waals surface area contributed by atoms with Gasteiger partial charge in [-0.2, -0.15) is 0 Å². The van der Waals surface area contributed by atoms with Crippen molar-refractivity contribution in [1.82, 2.24) is 0 Å². The lowest BCUT2D eigenvalue weighted by Crippen LogP contribution is -2.19. The van der Waals surface area contributed by atoms with E-state index in [2.05, 4.69) is 8.83 Å². The molecule has 0 aliphatic heterocycles. The van der Waals surface area contributed by atoms with E-state index in [9.17, 15) is 14.4 Å². The molecule has 0 aromatic carbocycles. The molecule has 1 atom stereocenters. The van der Waals surface area contributed by atoms with Crippen LogP contribution in [0.2, 0.25) is 0 Å². The number of hydrogen-bond donors (Lipinski definition) is 3. The lowest BCUT2D eigenvalue weighted by molar-refractivity contribution is -0.146. The van der Waals surface area contributed by atoms with Gasteiger partial charge >= 0.3 is 17.8 Å². The Kier molecular flexibility index (Phi) is 6.54. The van der Waals surface area contributed by atoms with Gasteiger partial charge in [-0.05, 0) is 13.3 Å². The van der Waals surface area contributed by atoms with Gasteiger partial charge in [-0.1, -0.05) is 0 Å². The van der Waals surface area contributed by atoms with Gasteiger partial charge in [-0.25, -0.2) is 4.79 Å². The first-order chi connectivity index (χ1) is 9.79. The molecule has 1 aromatic rings. The second-order valence-corrected chi connectivity index (χ2v) is 5.33. The molecule has 0 fully saturated rings. The minimum absolute atomic E-state index is 0.0809. The Hall–Kier alpha value is -1.70. The van der Waals surface area contributed by atoms with Crippen LogP contribution in [-0.4, -0.2) is 33.0 Å². The molecule has 1 unspecified atom stereocenters. The molecule has 118 valence electrons. The van der Waals surface area contributed by atoms with Crippen LogP contribution < -0.4 is 5.82 Å². The third-order valence-corrected chi connectivity index (χ3v) is 3.40. The highest BCUT2D eigenvalue weighted by Crippen LogP contribution is 2.28. The molecule has 21 heavy (non-hydrogen) atoms. The Morgan fingerprint density at radius 3 is 2.48 bits per heavy atom. The van der Waals surface area contributed by atoms with Crippen molar-refractivity contribution in [3.63, 3.8) is 0 Å². The van der Waals surface area contributed by atoms with Crippen molar-refractivity contribution < 1.29 is 38.1 Å². The van der Waals surface area contributed by atoms with Gasteiger partial charge in [0.2, 0.25) is 0 Å². The lowest BCUT2D eigenvalue weighted by atomic mass is 10.1. The zero-order chi connectivity index (χ0) is 16.0. The van der Waals surface area contributed by atoms with Crippen molar-refractivity contribution in [3.05, 3.63) is 22.1 Å². The molecular formula is C11H15O9P. The largest absolute Gasteiger partial charge is 0.519 e. The van der Waals surface area contributed by atoms with Crippen molar-refractivity contribution in [1.29, 1.82) is 0 Å². The summed E-state index contributed by atoms with van der Waals surface area (Å²) in [4.78, 5) is 50.7. The lowest BCUT2D eigenvalue weighted by Gasteiger charge is -2.12. The Morgan fingerprint density at radius 2 is 2.00 bits per heavy atom. The van der Waals surface area contributed by atoms with Crippen molar-refractivity contribution in [2.75, 3.05) is 6.16 Å². The summed E-state index contributed by atoms with van der Waals surface area (Å²) in [7, 11) is -2.34. The van der Waals surface area contributed by atoms with Crippen molar-refractivity contribution in [3.8, 4) is 0 Å². The van der Waals surface area contributed by atoms with E-state index < -0.39 is 32.1 Å². The van der Waals surface area contributed by atoms with Gasteiger partial charge in [0.1, 0.15) is 0 Å². The van der Waals surface area contributed by atoms with E-state index in [0.717, 1.165) is 0 Å². The van der Waals surface area contributed by atoms with Crippen LogP contribution in [-0.2, 0) is 20.9 Å². The molecule has 0 radical (unpaired) electrons. The maximum atomic E-state index is 11.5. The minimum Gasteiger partial charge on any atom is -0.481 e. The number of carboxylic acids is 1. The molecule has 0 aliphatic carbocycles. The zero-order valence-electron chi connectivity index (χ0n) is 11.1. The van der Waals surface area contributed by atoms with Crippen LogP contribution in [0.1, 0.15) is 24.4 Å². The highest BCUT2D eigenvalue weighted by molar-refractivity contribution is 7.45. The van der Waals surface area contributed by atoms with Gasteiger partial charge in [-0.3, -0.25) is 9.59 Å². The average molecular weight is 322 g/mol. The first-order valence-corrected chi connectivity index (χ1v) is 7.36. The van der Waals surface area contributed by atoms with E-state index in [1.165, 1.54) is 6.92 Å². The van der Waals surface area contributed by atoms with Crippen LogP contribution >= 0.6 is 8.38 Å². The molecule has 0 saturated carbocycles. The molecule has 1 rings (SSSR count). The maximum absolute atomic E-state index is 11.5. The fraction of sp³-hybridized carbons (Fsp3) is 0.545. The number of carbonyl (C=O) groups excluding carboxylic acids is 1. The van der Waals surface area contributed by atoms with Crippen molar-refractivity contribution in [2.24, 2.45) is 5.92 Å². The Balaban J connectivity index is 2.41. The molecule has 9 nitrogen and oxygen atoms in total. The van der Waals surface area contributed by atoms with Crippen molar-refractivity contribution in [2.45, 2.75) is 26.4 Å². The summed E-state index contributed by atoms with van der Waals surface area (Å²) >= 11 is 0. The van der Waals surface area contributed by atoms with Crippen LogP contribution in [0.5, 0.6) is 0 Å².